The van der Waals surface area contributed by atoms with E-state index < -0.39 is 0 Å². The molecular formula is C11H24N2O. The molecule has 1 fully saturated rings. The Balaban J connectivity index is 1.99. The monoisotopic (exact) mass is 200 g/mol. The molecule has 1 rings (SSSR count). The van der Waals surface area contributed by atoms with E-state index in [1.165, 1.54) is 25.8 Å². The average Bonchev–Trinajstić information content (AvgIpc) is 2.40. The second-order valence-electron chi connectivity index (χ2n) is 4.32. The Morgan fingerprint density at radius 3 is 3.07 bits per heavy atom. The summed E-state index contributed by atoms with van der Waals surface area (Å²) in [5.41, 5.74) is 0. The van der Waals surface area contributed by atoms with E-state index in [9.17, 15) is 0 Å². The van der Waals surface area contributed by atoms with Gasteiger partial charge in [0.25, 0.3) is 0 Å². The predicted octanol–water partition coefficient (Wildman–Crippen LogP) is 0.879. The van der Waals surface area contributed by atoms with Crippen molar-refractivity contribution in [3.05, 3.63) is 0 Å². The highest BCUT2D eigenvalue weighted by atomic mass is 16.3. The van der Waals surface area contributed by atoms with Gasteiger partial charge >= 0.3 is 0 Å². The summed E-state index contributed by atoms with van der Waals surface area (Å²) in [4.78, 5) is 0. The summed E-state index contributed by atoms with van der Waals surface area (Å²) in [5, 5.41) is 16.1. The molecule has 3 N–H and O–H groups in total. The van der Waals surface area contributed by atoms with Gasteiger partial charge in [-0.05, 0) is 58.7 Å². The lowest BCUT2D eigenvalue weighted by molar-refractivity contribution is 0.180. The van der Waals surface area contributed by atoms with Crippen molar-refractivity contribution in [2.75, 3.05) is 19.6 Å². The van der Waals surface area contributed by atoms with Gasteiger partial charge in [-0.25, -0.2) is 0 Å². The highest BCUT2D eigenvalue weighted by Crippen LogP contribution is 2.05. The minimum Gasteiger partial charge on any atom is -0.393 e. The highest BCUT2D eigenvalue weighted by Gasteiger charge is 2.10. The molecule has 0 aromatic carbocycles. The molecule has 0 spiro atoms. The summed E-state index contributed by atoms with van der Waals surface area (Å²) in [7, 11) is 0. The van der Waals surface area contributed by atoms with Gasteiger partial charge in [0.05, 0.1) is 6.10 Å². The van der Waals surface area contributed by atoms with Crippen LogP contribution in [-0.4, -0.2) is 36.9 Å². The Kier molecular flexibility index (Phi) is 6.15. The van der Waals surface area contributed by atoms with E-state index in [-0.39, 0.29) is 6.10 Å². The van der Waals surface area contributed by atoms with E-state index in [2.05, 4.69) is 10.6 Å². The molecule has 1 heterocycles. The third-order valence-electron chi connectivity index (χ3n) is 2.81. The largest absolute Gasteiger partial charge is 0.393 e. The van der Waals surface area contributed by atoms with Gasteiger partial charge in [-0.1, -0.05) is 0 Å². The van der Waals surface area contributed by atoms with Gasteiger partial charge < -0.3 is 15.7 Å². The lowest BCUT2D eigenvalue weighted by atomic mass is 10.1. The third kappa shape index (κ3) is 5.58. The first-order valence-electron chi connectivity index (χ1n) is 5.91. The number of hydrogen-bond donors (Lipinski definition) is 3. The molecule has 0 aromatic rings. The summed E-state index contributed by atoms with van der Waals surface area (Å²) in [6.07, 6.45) is 5.68. The van der Waals surface area contributed by atoms with Crippen LogP contribution < -0.4 is 10.6 Å². The van der Waals surface area contributed by atoms with Crippen LogP contribution in [0.15, 0.2) is 0 Å². The Morgan fingerprint density at radius 2 is 2.29 bits per heavy atom. The maximum absolute atomic E-state index is 9.10. The fourth-order valence-electron chi connectivity index (χ4n) is 1.93. The summed E-state index contributed by atoms with van der Waals surface area (Å²) in [5.74, 6) is 0. The van der Waals surface area contributed by atoms with Gasteiger partial charge in [-0.3, -0.25) is 0 Å². The Hall–Kier alpha value is -0.120. The zero-order chi connectivity index (χ0) is 10.2. The van der Waals surface area contributed by atoms with E-state index in [1.54, 1.807) is 0 Å². The topological polar surface area (TPSA) is 44.3 Å². The maximum atomic E-state index is 9.10. The fraction of sp³-hybridized carbons (Fsp3) is 1.00. The van der Waals surface area contributed by atoms with Crippen LogP contribution in [0, 0.1) is 0 Å². The van der Waals surface area contributed by atoms with E-state index in [1.807, 2.05) is 6.92 Å². The summed E-state index contributed by atoms with van der Waals surface area (Å²) in [6, 6.07) is 0.694. The Bertz CT molecular complexity index is 131. The quantitative estimate of drug-likeness (QED) is 0.577. The molecule has 0 aromatic heterocycles. The minimum absolute atomic E-state index is 0.146. The number of aliphatic hydroxyl groups excluding tert-OH is 1. The highest BCUT2D eigenvalue weighted by molar-refractivity contribution is 4.72. The van der Waals surface area contributed by atoms with E-state index in [0.717, 1.165) is 25.9 Å². The van der Waals surface area contributed by atoms with Crippen molar-refractivity contribution in [3.63, 3.8) is 0 Å². The van der Waals surface area contributed by atoms with Gasteiger partial charge in [-0.15, -0.1) is 0 Å². The number of aliphatic hydroxyl groups is 1. The molecule has 0 aliphatic carbocycles. The van der Waals surface area contributed by atoms with Crippen molar-refractivity contribution < 1.29 is 5.11 Å². The molecule has 1 aliphatic rings. The van der Waals surface area contributed by atoms with E-state index >= 15 is 0 Å². The Labute approximate surface area is 87.3 Å². The van der Waals surface area contributed by atoms with Crippen LogP contribution in [0.4, 0.5) is 0 Å². The van der Waals surface area contributed by atoms with Crippen molar-refractivity contribution in [1.29, 1.82) is 0 Å². The molecule has 84 valence electrons. The number of hydrogen-bond acceptors (Lipinski definition) is 3. The first-order valence-corrected chi connectivity index (χ1v) is 5.91. The lowest BCUT2D eigenvalue weighted by Crippen LogP contribution is -2.31. The zero-order valence-corrected chi connectivity index (χ0v) is 9.26. The first kappa shape index (κ1) is 12.0. The van der Waals surface area contributed by atoms with Crippen molar-refractivity contribution >= 4 is 0 Å². The molecule has 0 saturated carbocycles. The normalized spacial score (nSPS) is 25.7. The molecule has 0 amide bonds. The molecule has 0 bridgehead atoms. The molecule has 0 radical (unpaired) electrons. The van der Waals surface area contributed by atoms with Gasteiger partial charge in [0.2, 0.25) is 0 Å². The molecular weight excluding hydrogens is 176 g/mol. The summed E-state index contributed by atoms with van der Waals surface area (Å²) >= 11 is 0. The van der Waals surface area contributed by atoms with Crippen LogP contribution in [0.1, 0.15) is 39.0 Å². The first-order chi connectivity index (χ1) is 6.79. The lowest BCUT2D eigenvalue weighted by Gasteiger charge is -2.15. The standard InChI is InChI=1S/C11H24N2O/c1-10(14)4-2-8-13-11-5-3-7-12-9-6-11/h10-14H,2-9H2,1H3. The van der Waals surface area contributed by atoms with Crippen LogP contribution >= 0.6 is 0 Å². The molecule has 3 heteroatoms. The van der Waals surface area contributed by atoms with E-state index in [4.69, 9.17) is 5.11 Å². The van der Waals surface area contributed by atoms with Crippen molar-refractivity contribution in [3.8, 4) is 0 Å². The third-order valence-corrected chi connectivity index (χ3v) is 2.81. The van der Waals surface area contributed by atoms with Crippen molar-refractivity contribution in [2.24, 2.45) is 0 Å². The predicted molar refractivity (Wildman–Crippen MR) is 59.4 cm³/mol. The van der Waals surface area contributed by atoms with Crippen molar-refractivity contribution in [2.45, 2.75) is 51.2 Å². The SMILES string of the molecule is CC(O)CCCNC1CCCNCC1. The minimum atomic E-state index is -0.146. The fourth-order valence-corrected chi connectivity index (χ4v) is 1.93. The van der Waals surface area contributed by atoms with Gasteiger partial charge in [0.15, 0.2) is 0 Å². The second-order valence-corrected chi connectivity index (χ2v) is 4.32. The van der Waals surface area contributed by atoms with Gasteiger partial charge in [-0.2, -0.15) is 0 Å². The smallest absolute Gasteiger partial charge is 0.0512 e. The summed E-state index contributed by atoms with van der Waals surface area (Å²) in [6.45, 7) is 5.23. The number of nitrogens with one attached hydrogen (secondary N) is 2. The Morgan fingerprint density at radius 1 is 1.43 bits per heavy atom. The summed E-state index contributed by atoms with van der Waals surface area (Å²) < 4.78 is 0. The van der Waals surface area contributed by atoms with Crippen LogP contribution in [-0.2, 0) is 0 Å². The van der Waals surface area contributed by atoms with E-state index in [0.29, 0.717) is 6.04 Å². The van der Waals surface area contributed by atoms with Crippen molar-refractivity contribution in [1.82, 2.24) is 10.6 Å². The van der Waals surface area contributed by atoms with Gasteiger partial charge in [0, 0.05) is 6.04 Å². The molecule has 1 saturated heterocycles. The van der Waals surface area contributed by atoms with Crippen LogP contribution in [0.25, 0.3) is 0 Å². The maximum Gasteiger partial charge on any atom is 0.0512 e. The zero-order valence-electron chi connectivity index (χ0n) is 9.26. The van der Waals surface area contributed by atoms with Crippen LogP contribution in [0.2, 0.25) is 0 Å². The number of rotatable bonds is 5. The molecule has 1 aliphatic heterocycles. The van der Waals surface area contributed by atoms with Crippen LogP contribution in [0.5, 0.6) is 0 Å². The van der Waals surface area contributed by atoms with Crippen LogP contribution in [0.3, 0.4) is 0 Å². The average molecular weight is 200 g/mol. The molecule has 3 nitrogen and oxygen atoms in total. The molecule has 14 heavy (non-hydrogen) atoms. The molecule has 2 atom stereocenters. The second kappa shape index (κ2) is 7.21. The molecule has 2 unspecified atom stereocenters. The van der Waals surface area contributed by atoms with Gasteiger partial charge in [0.1, 0.15) is 0 Å².